The zero-order valence-electron chi connectivity index (χ0n) is 12.7. The summed E-state index contributed by atoms with van der Waals surface area (Å²) in [5.74, 6) is 0.594. The van der Waals surface area contributed by atoms with Crippen LogP contribution in [0.15, 0.2) is 47.3 Å². The van der Waals surface area contributed by atoms with Crippen molar-refractivity contribution in [1.29, 1.82) is 0 Å². The molecule has 0 bridgehead atoms. The highest BCUT2D eigenvalue weighted by molar-refractivity contribution is 5.26. The van der Waals surface area contributed by atoms with E-state index in [4.69, 9.17) is 4.42 Å². The molecule has 1 atom stereocenters. The number of nitrogens with one attached hydrogen (secondary N) is 1. The third-order valence-corrected chi connectivity index (χ3v) is 3.69. The van der Waals surface area contributed by atoms with Crippen LogP contribution in [0.5, 0.6) is 0 Å². The van der Waals surface area contributed by atoms with E-state index in [2.05, 4.69) is 56.4 Å². The Morgan fingerprint density at radius 1 is 1.10 bits per heavy atom. The largest absolute Gasteiger partial charge is 0.472 e. The maximum Gasteiger partial charge on any atom is 0.0934 e. The lowest BCUT2D eigenvalue weighted by molar-refractivity contribution is 0.441. The van der Waals surface area contributed by atoms with Crippen LogP contribution in [0.3, 0.4) is 0 Å². The number of aryl methyl sites for hydroxylation is 1. The second kappa shape index (κ2) is 7.30. The SMILES string of the molecule is Cc1ccccc1CC(CNC(C)C)Cc1ccoc1. The molecule has 0 spiro atoms. The maximum atomic E-state index is 5.19. The van der Waals surface area contributed by atoms with Gasteiger partial charge in [-0.3, -0.25) is 0 Å². The van der Waals surface area contributed by atoms with Crippen LogP contribution in [0.25, 0.3) is 0 Å². The third kappa shape index (κ3) is 4.53. The lowest BCUT2D eigenvalue weighted by atomic mass is 9.91. The molecule has 1 heterocycles. The molecule has 0 aliphatic heterocycles. The molecule has 1 aromatic heterocycles. The van der Waals surface area contributed by atoms with Crippen molar-refractivity contribution in [3.8, 4) is 0 Å². The number of benzene rings is 1. The summed E-state index contributed by atoms with van der Waals surface area (Å²) >= 11 is 0. The smallest absolute Gasteiger partial charge is 0.0934 e. The summed E-state index contributed by atoms with van der Waals surface area (Å²) in [6, 6.07) is 11.3. The average Bonchev–Trinajstić information content (AvgIpc) is 2.91. The summed E-state index contributed by atoms with van der Waals surface area (Å²) in [7, 11) is 0. The normalized spacial score (nSPS) is 12.8. The van der Waals surface area contributed by atoms with Crippen LogP contribution in [-0.2, 0) is 12.8 Å². The van der Waals surface area contributed by atoms with Gasteiger partial charge in [0.2, 0.25) is 0 Å². The Bertz CT molecular complexity index is 502. The summed E-state index contributed by atoms with van der Waals surface area (Å²) < 4.78 is 5.19. The van der Waals surface area contributed by atoms with E-state index in [0.717, 1.165) is 19.4 Å². The van der Waals surface area contributed by atoms with Crippen molar-refractivity contribution in [3.63, 3.8) is 0 Å². The van der Waals surface area contributed by atoms with Gasteiger partial charge >= 0.3 is 0 Å². The summed E-state index contributed by atoms with van der Waals surface area (Å²) in [5, 5.41) is 3.57. The number of furan rings is 1. The Hall–Kier alpha value is -1.54. The van der Waals surface area contributed by atoms with Crippen LogP contribution in [0, 0.1) is 12.8 Å². The number of rotatable bonds is 7. The third-order valence-electron chi connectivity index (χ3n) is 3.69. The van der Waals surface area contributed by atoms with E-state index in [9.17, 15) is 0 Å². The zero-order valence-corrected chi connectivity index (χ0v) is 12.7. The van der Waals surface area contributed by atoms with Crippen molar-refractivity contribution in [2.75, 3.05) is 6.54 Å². The van der Waals surface area contributed by atoms with Gasteiger partial charge in [-0.1, -0.05) is 38.1 Å². The molecular formula is C18H25NO. The van der Waals surface area contributed by atoms with Crippen molar-refractivity contribution in [1.82, 2.24) is 5.32 Å². The van der Waals surface area contributed by atoms with E-state index >= 15 is 0 Å². The Balaban J connectivity index is 2.03. The molecule has 0 saturated heterocycles. The van der Waals surface area contributed by atoms with Crippen LogP contribution >= 0.6 is 0 Å². The topological polar surface area (TPSA) is 25.2 Å². The lowest BCUT2D eigenvalue weighted by Gasteiger charge is -2.20. The van der Waals surface area contributed by atoms with E-state index in [1.807, 2.05) is 6.26 Å². The Labute approximate surface area is 122 Å². The molecule has 108 valence electrons. The summed E-state index contributed by atoms with van der Waals surface area (Å²) in [6.07, 6.45) is 5.79. The van der Waals surface area contributed by atoms with E-state index in [1.165, 1.54) is 16.7 Å². The first-order chi connectivity index (χ1) is 9.65. The van der Waals surface area contributed by atoms with E-state index in [1.54, 1.807) is 6.26 Å². The van der Waals surface area contributed by atoms with Crippen molar-refractivity contribution < 1.29 is 4.42 Å². The Kier molecular flexibility index (Phi) is 5.42. The van der Waals surface area contributed by atoms with Gasteiger partial charge in [0, 0.05) is 6.04 Å². The summed E-state index contributed by atoms with van der Waals surface area (Å²) in [5.41, 5.74) is 4.12. The van der Waals surface area contributed by atoms with Crippen LogP contribution in [0.1, 0.15) is 30.5 Å². The van der Waals surface area contributed by atoms with Crippen molar-refractivity contribution in [2.45, 2.75) is 39.7 Å². The second-order valence-electron chi connectivity index (χ2n) is 5.90. The zero-order chi connectivity index (χ0) is 14.4. The fourth-order valence-corrected chi connectivity index (χ4v) is 2.51. The van der Waals surface area contributed by atoms with Gasteiger partial charge in [-0.15, -0.1) is 0 Å². The quantitative estimate of drug-likeness (QED) is 0.823. The molecule has 2 aromatic rings. The van der Waals surface area contributed by atoms with Crippen LogP contribution < -0.4 is 5.32 Å². The minimum absolute atomic E-state index is 0.527. The van der Waals surface area contributed by atoms with Crippen LogP contribution in [-0.4, -0.2) is 12.6 Å². The van der Waals surface area contributed by atoms with E-state index in [-0.39, 0.29) is 0 Å². The molecule has 2 rings (SSSR count). The highest BCUT2D eigenvalue weighted by atomic mass is 16.3. The Morgan fingerprint density at radius 2 is 1.90 bits per heavy atom. The van der Waals surface area contributed by atoms with E-state index < -0.39 is 0 Å². The molecule has 2 nitrogen and oxygen atoms in total. The van der Waals surface area contributed by atoms with Crippen LogP contribution in [0.4, 0.5) is 0 Å². The minimum Gasteiger partial charge on any atom is -0.472 e. The first-order valence-corrected chi connectivity index (χ1v) is 7.44. The van der Waals surface area contributed by atoms with Crippen molar-refractivity contribution >= 4 is 0 Å². The van der Waals surface area contributed by atoms with Gasteiger partial charge in [-0.2, -0.15) is 0 Å². The standard InChI is InChI=1S/C18H25NO/c1-14(2)19-12-17(10-16-8-9-20-13-16)11-18-7-5-4-6-15(18)3/h4-9,13-14,17,19H,10-12H2,1-3H3. The molecule has 0 aliphatic carbocycles. The molecule has 1 unspecified atom stereocenters. The highest BCUT2D eigenvalue weighted by Crippen LogP contribution is 2.17. The Morgan fingerprint density at radius 3 is 2.55 bits per heavy atom. The molecule has 0 amide bonds. The summed E-state index contributed by atoms with van der Waals surface area (Å²) in [4.78, 5) is 0. The molecule has 0 fully saturated rings. The van der Waals surface area contributed by atoms with Crippen molar-refractivity contribution in [3.05, 3.63) is 59.5 Å². The second-order valence-corrected chi connectivity index (χ2v) is 5.90. The molecule has 20 heavy (non-hydrogen) atoms. The molecule has 2 heteroatoms. The highest BCUT2D eigenvalue weighted by Gasteiger charge is 2.13. The van der Waals surface area contributed by atoms with E-state index in [0.29, 0.717) is 12.0 Å². The van der Waals surface area contributed by atoms with Gasteiger partial charge in [0.15, 0.2) is 0 Å². The fraction of sp³-hybridized carbons (Fsp3) is 0.444. The molecule has 1 N–H and O–H groups in total. The first-order valence-electron chi connectivity index (χ1n) is 7.44. The van der Waals surface area contributed by atoms with Gasteiger partial charge in [0.1, 0.15) is 0 Å². The van der Waals surface area contributed by atoms with Gasteiger partial charge in [-0.05, 0) is 55.0 Å². The lowest BCUT2D eigenvalue weighted by Crippen LogP contribution is -2.31. The van der Waals surface area contributed by atoms with Gasteiger partial charge in [-0.25, -0.2) is 0 Å². The minimum atomic E-state index is 0.527. The van der Waals surface area contributed by atoms with Crippen molar-refractivity contribution in [2.24, 2.45) is 5.92 Å². The predicted octanol–water partition coefficient (Wildman–Crippen LogP) is 3.99. The monoisotopic (exact) mass is 271 g/mol. The number of hydrogen-bond donors (Lipinski definition) is 1. The van der Waals surface area contributed by atoms with Crippen LogP contribution in [0.2, 0.25) is 0 Å². The predicted molar refractivity (Wildman–Crippen MR) is 83.9 cm³/mol. The molecule has 0 aliphatic rings. The molecule has 0 radical (unpaired) electrons. The maximum absolute atomic E-state index is 5.19. The number of hydrogen-bond acceptors (Lipinski definition) is 2. The average molecular weight is 271 g/mol. The molecule has 0 saturated carbocycles. The molecular weight excluding hydrogens is 246 g/mol. The van der Waals surface area contributed by atoms with Gasteiger partial charge < -0.3 is 9.73 Å². The first kappa shape index (κ1) is 14.9. The molecule has 1 aromatic carbocycles. The van der Waals surface area contributed by atoms with Gasteiger partial charge in [0.25, 0.3) is 0 Å². The van der Waals surface area contributed by atoms with Gasteiger partial charge in [0.05, 0.1) is 12.5 Å². The summed E-state index contributed by atoms with van der Waals surface area (Å²) in [6.45, 7) is 7.63. The fourth-order valence-electron chi connectivity index (χ4n) is 2.51.